The highest BCUT2D eigenvalue weighted by molar-refractivity contribution is 7.08. The van der Waals surface area contributed by atoms with Gasteiger partial charge in [-0.15, -0.1) is 0 Å². The van der Waals surface area contributed by atoms with Crippen LogP contribution in [0.2, 0.25) is 5.02 Å². The minimum Gasteiger partial charge on any atom is -0.378 e. The molecule has 2 N–H and O–H groups in total. The Balaban J connectivity index is 1.32. The Hall–Kier alpha value is -2.94. The normalized spacial score (nSPS) is 14.1. The van der Waals surface area contributed by atoms with Crippen LogP contribution in [0.15, 0.2) is 47.2 Å². The highest BCUT2D eigenvalue weighted by atomic mass is 35.5. The van der Waals surface area contributed by atoms with Gasteiger partial charge in [0.15, 0.2) is 0 Å². The van der Waals surface area contributed by atoms with E-state index in [0.29, 0.717) is 55.7 Å². The molecule has 5 rings (SSSR count). The van der Waals surface area contributed by atoms with Crippen molar-refractivity contribution >= 4 is 45.7 Å². The monoisotopic (exact) mass is 467 g/mol. The number of carbonyl (C=O) groups excluding carboxylic acids is 1. The number of anilines is 1. The molecule has 1 amide bonds. The minimum atomic E-state index is -0.144. The van der Waals surface area contributed by atoms with Crippen LogP contribution < -0.4 is 10.2 Å². The average Bonchev–Trinajstić information content (AvgIpc) is 3.49. The topological polar surface area (TPSA) is 83.1 Å². The molecule has 0 spiro atoms. The SMILES string of the molecule is O=C(NCCc1nc2ccc(Cl)cc2[nH]1)c1ccc(-c2ccsc2)nc1N1CCOCC1. The number of amides is 1. The maximum atomic E-state index is 13.1. The minimum absolute atomic E-state index is 0.144. The molecule has 0 saturated carbocycles. The molecule has 1 saturated heterocycles. The van der Waals surface area contributed by atoms with Crippen LogP contribution in [0.1, 0.15) is 16.2 Å². The molecular weight excluding hydrogens is 446 g/mol. The first-order chi connectivity index (χ1) is 15.7. The Morgan fingerprint density at radius 2 is 2.06 bits per heavy atom. The smallest absolute Gasteiger partial charge is 0.255 e. The number of benzene rings is 1. The van der Waals surface area contributed by atoms with Gasteiger partial charge in [0.2, 0.25) is 0 Å². The maximum absolute atomic E-state index is 13.1. The number of ether oxygens (including phenoxy) is 1. The first-order valence-corrected chi connectivity index (χ1v) is 11.8. The van der Waals surface area contributed by atoms with E-state index in [4.69, 9.17) is 21.3 Å². The van der Waals surface area contributed by atoms with Gasteiger partial charge in [-0.3, -0.25) is 4.79 Å². The predicted octanol–water partition coefficient (Wildman–Crippen LogP) is 4.15. The molecule has 1 fully saturated rings. The van der Waals surface area contributed by atoms with E-state index >= 15 is 0 Å². The number of nitrogens with zero attached hydrogens (tertiary/aromatic N) is 3. The van der Waals surface area contributed by atoms with Gasteiger partial charge < -0.3 is 19.9 Å². The molecule has 1 aliphatic rings. The van der Waals surface area contributed by atoms with Gasteiger partial charge in [-0.25, -0.2) is 9.97 Å². The third-order valence-corrected chi connectivity index (χ3v) is 6.31. The first kappa shape index (κ1) is 20.9. The van der Waals surface area contributed by atoms with Gasteiger partial charge in [-0.1, -0.05) is 11.6 Å². The predicted molar refractivity (Wildman–Crippen MR) is 128 cm³/mol. The Morgan fingerprint density at radius 1 is 1.19 bits per heavy atom. The third kappa shape index (κ3) is 4.48. The van der Waals surface area contributed by atoms with Gasteiger partial charge in [-0.05, 0) is 41.8 Å². The fourth-order valence-electron chi connectivity index (χ4n) is 3.76. The second kappa shape index (κ2) is 9.28. The van der Waals surface area contributed by atoms with Gasteiger partial charge in [0.1, 0.15) is 11.6 Å². The quantitative estimate of drug-likeness (QED) is 0.445. The van der Waals surface area contributed by atoms with E-state index in [2.05, 4.69) is 25.6 Å². The Kier molecular flexibility index (Phi) is 6.07. The van der Waals surface area contributed by atoms with E-state index in [1.165, 1.54) is 0 Å². The highest BCUT2D eigenvalue weighted by Crippen LogP contribution is 2.26. The molecule has 3 aromatic heterocycles. The Labute approximate surface area is 194 Å². The summed E-state index contributed by atoms with van der Waals surface area (Å²) in [7, 11) is 0. The fourth-order valence-corrected chi connectivity index (χ4v) is 4.58. The van der Waals surface area contributed by atoms with E-state index in [9.17, 15) is 4.79 Å². The lowest BCUT2D eigenvalue weighted by Gasteiger charge is -2.29. The Bertz CT molecular complexity index is 1230. The number of carbonyl (C=O) groups is 1. The number of halogens is 1. The van der Waals surface area contributed by atoms with Crippen LogP contribution in [-0.4, -0.2) is 53.7 Å². The molecule has 0 radical (unpaired) electrons. The summed E-state index contributed by atoms with van der Waals surface area (Å²) in [4.78, 5) is 27.8. The van der Waals surface area contributed by atoms with Crippen molar-refractivity contribution in [3.63, 3.8) is 0 Å². The molecule has 7 nitrogen and oxygen atoms in total. The standard InChI is InChI=1S/C23H22ClN5O2S/c24-16-1-3-19-20(13-16)27-21(26-19)5-7-25-23(30)17-2-4-18(15-6-12-32-14-15)28-22(17)29-8-10-31-11-9-29/h1-4,6,12-14H,5,7-11H2,(H,25,30)(H,26,27). The summed E-state index contributed by atoms with van der Waals surface area (Å²) in [5.41, 5.74) is 4.24. The summed E-state index contributed by atoms with van der Waals surface area (Å²) >= 11 is 7.67. The van der Waals surface area contributed by atoms with Crippen molar-refractivity contribution in [1.82, 2.24) is 20.3 Å². The van der Waals surface area contributed by atoms with Crippen LogP contribution in [0, 0.1) is 0 Å². The van der Waals surface area contributed by atoms with Gasteiger partial charge in [0.05, 0.1) is 35.5 Å². The molecule has 32 heavy (non-hydrogen) atoms. The largest absolute Gasteiger partial charge is 0.378 e. The molecule has 4 heterocycles. The fraction of sp³-hybridized carbons (Fsp3) is 0.261. The van der Waals surface area contributed by atoms with Crippen LogP contribution in [0.25, 0.3) is 22.3 Å². The number of hydrogen-bond acceptors (Lipinski definition) is 6. The van der Waals surface area contributed by atoms with Crippen LogP contribution in [0.4, 0.5) is 5.82 Å². The van der Waals surface area contributed by atoms with E-state index < -0.39 is 0 Å². The van der Waals surface area contributed by atoms with Gasteiger partial charge in [-0.2, -0.15) is 11.3 Å². The zero-order chi connectivity index (χ0) is 21.9. The van der Waals surface area contributed by atoms with Crippen molar-refractivity contribution in [3.05, 3.63) is 63.6 Å². The summed E-state index contributed by atoms with van der Waals surface area (Å²) in [6.07, 6.45) is 0.589. The van der Waals surface area contributed by atoms with Gasteiger partial charge >= 0.3 is 0 Å². The van der Waals surface area contributed by atoms with Crippen molar-refractivity contribution in [2.45, 2.75) is 6.42 Å². The zero-order valence-corrected chi connectivity index (χ0v) is 18.9. The molecule has 1 aromatic carbocycles. The number of morpholine rings is 1. The molecular formula is C23H22ClN5O2S. The number of thiophene rings is 1. The molecule has 4 aromatic rings. The van der Waals surface area contributed by atoms with E-state index in [-0.39, 0.29) is 5.91 Å². The van der Waals surface area contributed by atoms with Crippen molar-refractivity contribution in [1.29, 1.82) is 0 Å². The van der Waals surface area contributed by atoms with Gasteiger partial charge in [0, 0.05) is 42.0 Å². The van der Waals surface area contributed by atoms with Crippen molar-refractivity contribution in [2.75, 3.05) is 37.7 Å². The van der Waals surface area contributed by atoms with Crippen molar-refractivity contribution in [3.8, 4) is 11.3 Å². The second-order valence-electron chi connectivity index (χ2n) is 7.53. The van der Waals surface area contributed by atoms with Gasteiger partial charge in [0.25, 0.3) is 5.91 Å². The van der Waals surface area contributed by atoms with E-state index in [1.807, 2.05) is 41.8 Å². The lowest BCUT2D eigenvalue weighted by molar-refractivity contribution is 0.0952. The summed E-state index contributed by atoms with van der Waals surface area (Å²) in [6, 6.07) is 11.4. The third-order valence-electron chi connectivity index (χ3n) is 5.39. The van der Waals surface area contributed by atoms with Crippen molar-refractivity contribution in [2.24, 2.45) is 0 Å². The summed E-state index contributed by atoms with van der Waals surface area (Å²) < 4.78 is 5.48. The lowest BCUT2D eigenvalue weighted by atomic mass is 10.1. The number of aromatic nitrogens is 3. The van der Waals surface area contributed by atoms with Crippen LogP contribution >= 0.6 is 22.9 Å². The Morgan fingerprint density at radius 3 is 2.88 bits per heavy atom. The number of imidazole rings is 1. The molecule has 9 heteroatoms. The van der Waals surface area contributed by atoms with Crippen molar-refractivity contribution < 1.29 is 9.53 Å². The summed E-state index contributed by atoms with van der Waals surface area (Å²) in [5.74, 6) is 1.37. The molecule has 0 bridgehead atoms. The van der Waals surface area contributed by atoms with Crippen LogP contribution in [0.5, 0.6) is 0 Å². The highest BCUT2D eigenvalue weighted by Gasteiger charge is 2.21. The number of rotatable bonds is 6. The van der Waals surface area contributed by atoms with E-state index in [0.717, 1.165) is 28.1 Å². The molecule has 0 unspecified atom stereocenters. The lowest BCUT2D eigenvalue weighted by Crippen LogP contribution is -2.38. The summed E-state index contributed by atoms with van der Waals surface area (Å²) in [6.45, 7) is 3.13. The molecule has 0 aliphatic carbocycles. The number of nitrogens with one attached hydrogen (secondary N) is 2. The number of fused-ring (bicyclic) bond motifs is 1. The zero-order valence-electron chi connectivity index (χ0n) is 17.3. The second-order valence-corrected chi connectivity index (χ2v) is 8.75. The maximum Gasteiger partial charge on any atom is 0.255 e. The van der Waals surface area contributed by atoms with E-state index in [1.54, 1.807) is 11.3 Å². The van der Waals surface area contributed by atoms with Crippen LogP contribution in [-0.2, 0) is 11.2 Å². The molecule has 0 atom stereocenters. The number of H-pyrrole nitrogens is 1. The number of hydrogen-bond donors (Lipinski definition) is 2. The number of aromatic amines is 1. The van der Waals surface area contributed by atoms with Crippen LogP contribution in [0.3, 0.4) is 0 Å². The molecule has 1 aliphatic heterocycles. The average molecular weight is 468 g/mol. The molecule has 164 valence electrons. The summed E-state index contributed by atoms with van der Waals surface area (Å²) in [5, 5.41) is 7.77. The first-order valence-electron chi connectivity index (χ1n) is 10.5. The number of pyridine rings is 1.